The first-order chi connectivity index (χ1) is 7.65. The molecule has 3 nitrogen and oxygen atoms in total. The highest BCUT2D eigenvalue weighted by Gasteiger charge is 2.14. The summed E-state index contributed by atoms with van der Waals surface area (Å²) in [6.07, 6.45) is 0.617. The molecule has 0 N–H and O–H groups in total. The molecule has 0 fully saturated rings. The minimum atomic E-state index is -0.370. The number of ether oxygens (including phenoxy) is 1. The van der Waals surface area contributed by atoms with Gasteiger partial charge in [0.05, 0.1) is 25.5 Å². The molecule has 0 aromatic heterocycles. The van der Waals surface area contributed by atoms with Gasteiger partial charge in [-0.2, -0.15) is 5.26 Å². The number of hydrogen-bond acceptors (Lipinski definition) is 3. The van der Waals surface area contributed by atoms with Crippen LogP contribution in [-0.2, 0) is 16.0 Å². The Kier molecular flexibility index (Phi) is 4.81. The molecule has 0 radical (unpaired) electrons. The Morgan fingerprint density at radius 1 is 1.62 bits per heavy atom. The molecule has 0 heterocycles. The van der Waals surface area contributed by atoms with Gasteiger partial charge in [-0.25, -0.2) is 0 Å². The second-order valence-electron chi connectivity index (χ2n) is 3.44. The van der Waals surface area contributed by atoms with Crippen LogP contribution in [0, 0.1) is 17.2 Å². The predicted molar refractivity (Wildman–Crippen MR) is 60.9 cm³/mol. The van der Waals surface area contributed by atoms with Crippen molar-refractivity contribution in [2.75, 3.05) is 7.11 Å². The van der Waals surface area contributed by atoms with Crippen molar-refractivity contribution in [3.05, 3.63) is 34.9 Å². The van der Waals surface area contributed by atoms with Crippen molar-refractivity contribution in [2.45, 2.75) is 12.8 Å². The molecule has 1 aromatic rings. The van der Waals surface area contributed by atoms with E-state index in [1.54, 1.807) is 12.1 Å². The van der Waals surface area contributed by atoms with Crippen LogP contribution in [0.25, 0.3) is 0 Å². The molecule has 1 unspecified atom stereocenters. The van der Waals surface area contributed by atoms with Crippen molar-refractivity contribution in [3.8, 4) is 6.07 Å². The van der Waals surface area contributed by atoms with Crippen molar-refractivity contribution >= 4 is 17.6 Å². The standard InChI is InChI=1S/C12H12ClNO2/c1-16-12(15)7-10(8-14)5-9-3-2-4-11(13)6-9/h2-4,6,10H,5,7H2,1H3. The Morgan fingerprint density at radius 3 is 2.94 bits per heavy atom. The fraction of sp³-hybridized carbons (Fsp3) is 0.333. The number of carbonyl (C=O) groups is 1. The van der Waals surface area contributed by atoms with Crippen LogP contribution in [0.3, 0.4) is 0 Å². The fourth-order valence-electron chi connectivity index (χ4n) is 1.40. The molecule has 0 amide bonds. The highest BCUT2D eigenvalue weighted by molar-refractivity contribution is 6.30. The maximum absolute atomic E-state index is 11.0. The summed E-state index contributed by atoms with van der Waals surface area (Å²) in [5.41, 5.74) is 0.947. The highest BCUT2D eigenvalue weighted by Crippen LogP contribution is 2.16. The van der Waals surface area contributed by atoms with E-state index in [4.69, 9.17) is 16.9 Å². The van der Waals surface area contributed by atoms with Crippen LogP contribution in [0.2, 0.25) is 5.02 Å². The minimum absolute atomic E-state index is 0.111. The van der Waals surface area contributed by atoms with Crippen LogP contribution < -0.4 is 0 Å². The van der Waals surface area contributed by atoms with Gasteiger partial charge < -0.3 is 4.74 Å². The van der Waals surface area contributed by atoms with Crippen LogP contribution in [0.5, 0.6) is 0 Å². The van der Waals surface area contributed by atoms with Gasteiger partial charge in [0.25, 0.3) is 0 Å². The van der Waals surface area contributed by atoms with Crippen LogP contribution in [0.4, 0.5) is 0 Å². The maximum atomic E-state index is 11.0. The van der Waals surface area contributed by atoms with E-state index in [-0.39, 0.29) is 18.3 Å². The molecule has 0 saturated heterocycles. The van der Waals surface area contributed by atoms with E-state index in [9.17, 15) is 4.79 Å². The van der Waals surface area contributed by atoms with Crippen LogP contribution in [0.1, 0.15) is 12.0 Å². The molecule has 0 saturated carbocycles. The van der Waals surface area contributed by atoms with Crippen LogP contribution in [-0.4, -0.2) is 13.1 Å². The molecule has 1 aromatic carbocycles. The summed E-state index contributed by atoms with van der Waals surface area (Å²) in [6.45, 7) is 0. The molecule has 1 rings (SSSR count). The summed E-state index contributed by atoms with van der Waals surface area (Å²) < 4.78 is 4.53. The average Bonchev–Trinajstić information content (AvgIpc) is 2.28. The molecule has 16 heavy (non-hydrogen) atoms. The Morgan fingerprint density at radius 2 is 2.38 bits per heavy atom. The molecule has 84 valence electrons. The number of hydrogen-bond donors (Lipinski definition) is 0. The van der Waals surface area contributed by atoms with E-state index in [0.717, 1.165) is 5.56 Å². The quantitative estimate of drug-likeness (QED) is 0.757. The number of carbonyl (C=O) groups excluding carboxylic acids is 1. The monoisotopic (exact) mass is 237 g/mol. The lowest BCUT2D eigenvalue weighted by Crippen LogP contribution is -2.10. The molecule has 1 atom stereocenters. The number of halogens is 1. The third-order valence-corrected chi connectivity index (χ3v) is 2.43. The molecule has 0 aliphatic heterocycles. The third-order valence-electron chi connectivity index (χ3n) is 2.19. The number of rotatable bonds is 4. The van der Waals surface area contributed by atoms with Gasteiger partial charge in [0.15, 0.2) is 0 Å². The smallest absolute Gasteiger partial charge is 0.306 e. The summed E-state index contributed by atoms with van der Waals surface area (Å²) in [6, 6.07) is 9.36. The van der Waals surface area contributed by atoms with Crippen molar-refractivity contribution in [2.24, 2.45) is 5.92 Å². The topological polar surface area (TPSA) is 50.1 Å². The zero-order valence-electron chi connectivity index (χ0n) is 8.94. The van der Waals surface area contributed by atoms with Gasteiger partial charge in [0.2, 0.25) is 0 Å². The number of benzene rings is 1. The molecule has 0 aliphatic carbocycles. The molecule has 0 aliphatic rings. The predicted octanol–water partition coefficient (Wildman–Crippen LogP) is 2.59. The van der Waals surface area contributed by atoms with Gasteiger partial charge in [0, 0.05) is 5.02 Å². The van der Waals surface area contributed by atoms with Gasteiger partial charge >= 0.3 is 5.97 Å². The minimum Gasteiger partial charge on any atom is -0.469 e. The Bertz CT molecular complexity index is 412. The molecule has 0 spiro atoms. The Balaban J connectivity index is 2.64. The van der Waals surface area contributed by atoms with Crippen LogP contribution in [0.15, 0.2) is 24.3 Å². The summed E-state index contributed by atoms with van der Waals surface area (Å²) in [7, 11) is 1.32. The third kappa shape index (κ3) is 3.92. The average molecular weight is 238 g/mol. The zero-order chi connectivity index (χ0) is 12.0. The van der Waals surface area contributed by atoms with Crippen LogP contribution >= 0.6 is 11.6 Å². The van der Waals surface area contributed by atoms with Gasteiger partial charge in [-0.1, -0.05) is 23.7 Å². The van der Waals surface area contributed by atoms with E-state index < -0.39 is 0 Å². The van der Waals surface area contributed by atoms with Crippen molar-refractivity contribution in [3.63, 3.8) is 0 Å². The summed E-state index contributed by atoms with van der Waals surface area (Å²) in [5, 5.41) is 9.54. The van der Waals surface area contributed by atoms with E-state index in [0.29, 0.717) is 11.4 Å². The number of nitrogens with zero attached hydrogens (tertiary/aromatic N) is 1. The summed E-state index contributed by atoms with van der Waals surface area (Å²) in [5.74, 6) is -0.737. The highest BCUT2D eigenvalue weighted by atomic mass is 35.5. The van der Waals surface area contributed by atoms with E-state index >= 15 is 0 Å². The largest absolute Gasteiger partial charge is 0.469 e. The lowest BCUT2D eigenvalue weighted by atomic mass is 9.98. The maximum Gasteiger partial charge on any atom is 0.306 e. The number of esters is 1. The van der Waals surface area contributed by atoms with Crippen molar-refractivity contribution < 1.29 is 9.53 Å². The van der Waals surface area contributed by atoms with E-state index in [1.807, 2.05) is 12.1 Å². The van der Waals surface area contributed by atoms with Gasteiger partial charge in [-0.3, -0.25) is 4.79 Å². The number of methoxy groups -OCH3 is 1. The summed E-state index contributed by atoms with van der Waals surface area (Å²) in [4.78, 5) is 11.0. The Labute approximate surface area is 99.6 Å². The molecular weight excluding hydrogens is 226 g/mol. The first-order valence-electron chi connectivity index (χ1n) is 4.86. The molecular formula is C12H12ClNO2. The second kappa shape index (κ2) is 6.14. The fourth-order valence-corrected chi connectivity index (χ4v) is 1.61. The lowest BCUT2D eigenvalue weighted by Gasteiger charge is -2.07. The van der Waals surface area contributed by atoms with E-state index in [1.165, 1.54) is 7.11 Å². The molecule has 4 heteroatoms. The van der Waals surface area contributed by atoms with Crippen molar-refractivity contribution in [1.29, 1.82) is 5.26 Å². The van der Waals surface area contributed by atoms with Gasteiger partial charge in [-0.05, 0) is 24.1 Å². The Hall–Kier alpha value is -1.53. The van der Waals surface area contributed by atoms with Crippen molar-refractivity contribution in [1.82, 2.24) is 0 Å². The lowest BCUT2D eigenvalue weighted by molar-refractivity contribution is -0.141. The molecule has 0 bridgehead atoms. The second-order valence-corrected chi connectivity index (χ2v) is 3.88. The SMILES string of the molecule is COC(=O)CC(C#N)Cc1cccc(Cl)c1. The van der Waals surface area contributed by atoms with E-state index in [2.05, 4.69) is 10.8 Å². The first-order valence-corrected chi connectivity index (χ1v) is 5.24. The number of nitriles is 1. The summed E-state index contributed by atoms with van der Waals surface area (Å²) >= 11 is 5.83. The van der Waals surface area contributed by atoms with Gasteiger partial charge in [-0.15, -0.1) is 0 Å². The normalized spacial score (nSPS) is 11.6. The van der Waals surface area contributed by atoms with Gasteiger partial charge in [0.1, 0.15) is 0 Å². The first kappa shape index (κ1) is 12.5. The zero-order valence-corrected chi connectivity index (χ0v) is 9.70.